The van der Waals surface area contributed by atoms with Crippen molar-refractivity contribution in [3.63, 3.8) is 0 Å². The summed E-state index contributed by atoms with van der Waals surface area (Å²) < 4.78 is 6.62. The first-order valence-corrected chi connectivity index (χ1v) is 4.74. The fourth-order valence-corrected chi connectivity index (χ4v) is 1.42. The predicted octanol–water partition coefficient (Wildman–Crippen LogP) is 1.79. The van der Waals surface area contributed by atoms with Gasteiger partial charge in [-0.15, -0.1) is 0 Å². The Bertz CT molecular complexity index is 459. The first-order valence-electron chi connectivity index (χ1n) is 4.36. The average Bonchev–Trinajstić information content (AvgIpc) is 2.75. The second-order valence-corrected chi connectivity index (χ2v) is 3.68. The molecular weight excluding hydrogens is 204 g/mol. The van der Waals surface area contributed by atoms with E-state index in [9.17, 15) is 0 Å². The van der Waals surface area contributed by atoms with Crippen molar-refractivity contribution in [1.29, 1.82) is 0 Å². The molecule has 2 aromatic rings. The van der Waals surface area contributed by atoms with Gasteiger partial charge in [-0.1, -0.05) is 16.8 Å². The van der Waals surface area contributed by atoms with Crippen LogP contribution in [0.3, 0.4) is 0 Å². The minimum Gasteiger partial charge on any atom is -0.314 e. The van der Waals surface area contributed by atoms with E-state index in [1.54, 1.807) is 10.9 Å². The Morgan fingerprint density at radius 1 is 1.50 bits per heavy atom. The van der Waals surface area contributed by atoms with E-state index in [1.807, 2.05) is 0 Å². The summed E-state index contributed by atoms with van der Waals surface area (Å²) in [6.07, 6.45) is 5.38. The van der Waals surface area contributed by atoms with E-state index in [0.29, 0.717) is 17.1 Å². The molecule has 0 spiro atoms. The van der Waals surface area contributed by atoms with Gasteiger partial charge in [-0.05, 0) is 12.8 Å². The summed E-state index contributed by atoms with van der Waals surface area (Å²) in [4.78, 5) is 8.11. The van der Waals surface area contributed by atoms with Crippen LogP contribution in [-0.4, -0.2) is 19.7 Å². The van der Waals surface area contributed by atoms with Gasteiger partial charge in [0.05, 0.1) is 6.20 Å². The molecule has 6 heteroatoms. The number of hydrogen-bond acceptors (Lipinski definition) is 4. The van der Waals surface area contributed by atoms with Crippen molar-refractivity contribution in [2.75, 3.05) is 0 Å². The zero-order valence-electron chi connectivity index (χ0n) is 7.22. The van der Waals surface area contributed by atoms with E-state index in [4.69, 9.17) is 16.1 Å². The smallest absolute Gasteiger partial charge is 0.314 e. The van der Waals surface area contributed by atoms with Gasteiger partial charge in [0.2, 0.25) is 0 Å². The fraction of sp³-hybridized carbons (Fsp3) is 0.375. The lowest BCUT2D eigenvalue weighted by Gasteiger charge is -1.92. The summed E-state index contributed by atoms with van der Waals surface area (Å²) in [5.74, 6) is 1.25. The number of halogens is 1. The Morgan fingerprint density at radius 2 is 2.36 bits per heavy atom. The fourth-order valence-electron chi connectivity index (χ4n) is 1.25. The van der Waals surface area contributed by atoms with Gasteiger partial charge >= 0.3 is 6.01 Å². The van der Waals surface area contributed by atoms with Gasteiger partial charge in [-0.2, -0.15) is 4.98 Å². The van der Waals surface area contributed by atoms with E-state index in [2.05, 4.69) is 15.1 Å². The Balaban J connectivity index is 1.99. The molecular formula is C8H7ClN4O. The number of hydrogen-bond donors (Lipinski definition) is 0. The molecule has 0 saturated heterocycles. The Morgan fingerprint density at radius 3 is 3.00 bits per heavy atom. The van der Waals surface area contributed by atoms with Crippen molar-refractivity contribution in [3.8, 4) is 6.01 Å². The van der Waals surface area contributed by atoms with Crippen LogP contribution in [0.15, 0.2) is 17.0 Å². The SMILES string of the molecule is Clc1cncn1-c1nc(C2CC2)no1. The lowest BCUT2D eigenvalue weighted by molar-refractivity contribution is 0.396. The van der Waals surface area contributed by atoms with Crippen LogP contribution in [0, 0.1) is 0 Å². The molecule has 0 aliphatic heterocycles. The molecule has 2 aromatic heterocycles. The highest BCUT2D eigenvalue weighted by Crippen LogP contribution is 2.38. The maximum absolute atomic E-state index is 5.85. The molecule has 14 heavy (non-hydrogen) atoms. The molecule has 1 fully saturated rings. The highest BCUT2D eigenvalue weighted by atomic mass is 35.5. The number of rotatable bonds is 2. The summed E-state index contributed by atoms with van der Waals surface area (Å²) in [5.41, 5.74) is 0. The molecule has 0 amide bonds. The third kappa shape index (κ3) is 1.21. The molecule has 0 unspecified atom stereocenters. The summed E-state index contributed by atoms with van der Waals surface area (Å²) in [6.45, 7) is 0. The van der Waals surface area contributed by atoms with Gasteiger partial charge < -0.3 is 4.52 Å². The maximum atomic E-state index is 5.85. The Labute approximate surface area is 84.7 Å². The molecule has 1 aliphatic rings. The van der Waals surface area contributed by atoms with Crippen LogP contribution in [0.2, 0.25) is 5.15 Å². The maximum Gasteiger partial charge on any atom is 0.334 e. The molecule has 0 aromatic carbocycles. The molecule has 2 heterocycles. The van der Waals surface area contributed by atoms with Crippen LogP contribution in [-0.2, 0) is 0 Å². The van der Waals surface area contributed by atoms with Crippen LogP contribution in [0.4, 0.5) is 0 Å². The van der Waals surface area contributed by atoms with E-state index in [0.717, 1.165) is 18.7 Å². The van der Waals surface area contributed by atoms with Crippen molar-refractivity contribution in [2.45, 2.75) is 18.8 Å². The molecule has 72 valence electrons. The lowest BCUT2D eigenvalue weighted by atomic mass is 10.4. The van der Waals surface area contributed by atoms with E-state index >= 15 is 0 Å². The van der Waals surface area contributed by atoms with Crippen molar-refractivity contribution in [3.05, 3.63) is 23.5 Å². The lowest BCUT2D eigenvalue weighted by Crippen LogP contribution is -1.92. The second kappa shape index (κ2) is 2.81. The molecule has 0 atom stereocenters. The standard InChI is InChI=1S/C8H7ClN4O/c9-6-3-10-4-13(6)8-11-7(12-14-8)5-1-2-5/h3-5H,1-2H2. The normalized spacial score (nSPS) is 16.1. The van der Waals surface area contributed by atoms with E-state index in [-0.39, 0.29) is 0 Å². The van der Waals surface area contributed by atoms with Crippen molar-refractivity contribution in [1.82, 2.24) is 19.7 Å². The van der Waals surface area contributed by atoms with Gasteiger partial charge in [0.25, 0.3) is 0 Å². The monoisotopic (exact) mass is 210 g/mol. The molecule has 1 aliphatic carbocycles. The van der Waals surface area contributed by atoms with E-state index < -0.39 is 0 Å². The number of aromatic nitrogens is 4. The predicted molar refractivity (Wildman–Crippen MR) is 48.4 cm³/mol. The largest absolute Gasteiger partial charge is 0.334 e. The first kappa shape index (κ1) is 7.99. The molecule has 0 bridgehead atoms. The minimum atomic E-state index is 0.384. The minimum absolute atomic E-state index is 0.384. The summed E-state index contributed by atoms with van der Waals surface area (Å²) in [7, 11) is 0. The summed E-state index contributed by atoms with van der Waals surface area (Å²) in [6, 6.07) is 0.384. The highest BCUT2D eigenvalue weighted by molar-refractivity contribution is 6.29. The Hall–Kier alpha value is -1.36. The molecule has 5 nitrogen and oxygen atoms in total. The van der Waals surface area contributed by atoms with E-state index in [1.165, 1.54) is 6.20 Å². The molecule has 3 rings (SSSR count). The molecule has 1 saturated carbocycles. The summed E-state index contributed by atoms with van der Waals surface area (Å²) in [5, 5.41) is 4.35. The van der Waals surface area contributed by atoms with Crippen LogP contribution in [0.5, 0.6) is 0 Å². The number of imidazole rings is 1. The number of nitrogens with zero attached hydrogens (tertiary/aromatic N) is 4. The second-order valence-electron chi connectivity index (χ2n) is 3.30. The van der Waals surface area contributed by atoms with Crippen molar-refractivity contribution in [2.24, 2.45) is 0 Å². The quantitative estimate of drug-likeness (QED) is 0.758. The third-order valence-electron chi connectivity index (χ3n) is 2.17. The van der Waals surface area contributed by atoms with Gasteiger partial charge in [0.15, 0.2) is 5.82 Å². The van der Waals surface area contributed by atoms with Gasteiger partial charge in [0, 0.05) is 5.92 Å². The summed E-state index contributed by atoms with van der Waals surface area (Å²) >= 11 is 5.85. The van der Waals surface area contributed by atoms with Crippen LogP contribution < -0.4 is 0 Å². The van der Waals surface area contributed by atoms with Crippen molar-refractivity contribution < 1.29 is 4.52 Å². The van der Waals surface area contributed by atoms with Gasteiger partial charge in [-0.3, -0.25) is 0 Å². The zero-order valence-corrected chi connectivity index (χ0v) is 7.98. The van der Waals surface area contributed by atoms with Gasteiger partial charge in [-0.25, -0.2) is 9.55 Å². The molecule has 0 N–H and O–H groups in total. The first-order chi connectivity index (χ1) is 6.84. The van der Waals surface area contributed by atoms with Crippen molar-refractivity contribution >= 4 is 11.6 Å². The highest BCUT2D eigenvalue weighted by Gasteiger charge is 2.29. The average molecular weight is 211 g/mol. The van der Waals surface area contributed by atoms with Gasteiger partial charge in [0.1, 0.15) is 11.5 Å². The zero-order chi connectivity index (χ0) is 9.54. The van der Waals surface area contributed by atoms with Crippen LogP contribution in [0.25, 0.3) is 6.01 Å². The topological polar surface area (TPSA) is 56.7 Å². The molecule has 0 radical (unpaired) electrons. The van der Waals surface area contributed by atoms with Crippen LogP contribution >= 0.6 is 11.6 Å². The van der Waals surface area contributed by atoms with Crippen LogP contribution in [0.1, 0.15) is 24.6 Å². The Kier molecular flexibility index (Phi) is 1.61. The third-order valence-corrected chi connectivity index (χ3v) is 2.45.